The normalized spacial score (nSPS) is 9.53. The van der Waals surface area contributed by atoms with Gasteiger partial charge in [0.2, 0.25) is 0 Å². The van der Waals surface area contributed by atoms with E-state index in [1.54, 1.807) is 0 Å². The van der Waals surface area contributed by atoms with Crippen molar-refractivity contribution in [2.75, 3.05) is 7.11 Å². The average molecular weight is 229 g/mol. The standard InChI is InChI=1S/C10H9ClO4/c1-6(13)15-10-4-8(11)7(5-12)3-9(10)14-2/h3-5H,1-2H3. The third kappa shape index (κ3) is 2.70. The maximum atomic E-state index is 10.8. The summed E-state index contributed by atoms with van der Waals surface area (Å²) in [7, 11) is 1.41. The van der Waals surface area contributed by atoms with Gasteiger partial charge in [-0.25, -0.2) is 0 Å². The molecule has 0 saturated heterocycles. The van der Waals surface area contributed by atoms with Crippen LogP contribution in [0.5, 0.6) is 11.5 Å². The molecule has 0 saturated carbocycles. The summed E-state index contributed by atoms with van der Waals surface area (Å²) in [6, 6.07) is 2.78. The van der Waals surface area contributed by atoms with Gasteiger partial charge in [0.1, 0.15) is 0 Å². The van der Waals surface area contributed by atoms with E-state index >= 15 is 0 Å². The highest BCUT2D eigenvalue weighted by atomic mass is 35.5. The first-order chi connectivity index (χ1) is 7.08. The molecule has 5 heteroatoms. The number of hydrogen-bond acceptors (Lipinski definition) is 4. The zero-order valence-electron chi connectivity index (χ0n) is 8.24. The van der Waals surface area contributed by atoms with Crippen LogP contribution in [0.2, 0.25) is 5.02 Å². The van der Waals surface area contributed by atoms with Gasteiger partial charge in [-0.1, -0.05) is 11.6 Å². The molecule has 0 spiro atoms. The summed E-state index contributed by atoms with van der Waals surface area (Å²) in [5.41, 5.74) is 0.282. The van der Waals surface area contributed by atoms with Crippen LogP contribution in [0.3, 0.4) is 0 Å². The SMILES string of the molecule is COc1cc(C=O)c(Cl)cc1OC(C)=O. The van der Waals surface area contributed by atoms with Crippen molar-refractivity contribution in [2.24, 2.45) is 0 Å². The average Bonchev–Trinajstić information content (AvgIpc) is 2.17. The van der Waals surface area contributed by atoms with Crippen molar-refractivity contribution < 1.29 is 19.1 Å². The fourth-order valence-corrected chi connectivity index (χ4v) is 1.23. The fraction of sp³-hybridized carbons (Fsp3) is 0.200. The van der Waals surface area contributed by atoms with Crippen LogP contribution in [-0.4, -0.2) is 19.4 Å². The highest BCUT2D eigenvalue weighted by Gasteiger charge is 2.11. The van der Waals surface area contributed by atoms with Crippen LogP contribution in [0.4, 0.5) is 0 Å². The van der Waals surface area contributed by atoms with Crippen LogP contribution in [-0.2, 0) is 4.79 Å². The van der Waals surface area contributed by atoms with E-state index in [-0.39, 0.29) is 22.1 Å². The molecule has 0 aromatic heterocycles. The predicted octanol–water partition coefficient (Wildman–Crippen LogP) is 2.09. The molecule has 0 amide bonds. The van der Waals surface area contributed by atoms with Gasteiger partial charge in [0.25, 0.3) is 0 Å². The number of rotatable bonds is 3. The van der Waals surface area contributed by atoms with Gasteiger partial charge in [-0.05, 0) is 6.07 Å². The van der Waals surface area contributed by atoms with Gasteiger partial charge in [-0.15, -0.1) is 0 Å². The second-order valence-electron chi connectivity index (χ2n) is 2.74. The molecule has 0 N–H and O–H groups in total. The molecule has 15 heavy (non-hydrogen) atoms. The van der Waals surface area contributed by atoms with E-state index in [4.69, 9.17) is 21.1 Å². The molecule has 1 aromatic carbocycles. The minimum absolute atomic E-state index is 0.195. The second kappa shape index (κ2) is 4.79. The molecule has 0 fully saturated rings. The number of hydrogen-bond donors (Lipinski definition) is 0. The van der Waals surface area contributed by atoms with Crippen LogP contribution >= 0.6 is 11.6 Å². The van der Waals surface area contributed by atoms with Crippen molar-refractivity contribution in [1.82, 2.24) is 0 Å². The van der Waals surface area contributed by atoms with Crippen LogP contribution in [0, 0.1) is 0 Å². The number of halogens is 1. The molecular formula is C10H9ClO4. The van der Waals surface area contributed by atoms with E-state index in [9.17, 15) is 9.59 Å². The molecular weight excluding hydrogens is 220 g/mol. The minimum atomic E-state index is -0.483. The summed E-state index contributed by atoms with van der Waals surface area (Å²) >= 11 is 5.76. The third-order valence-corrected chi connectivity index (χ3v) is 1.99. The topological polar surface area (TPSA) is 52.6 Å². The number of esters is 1. The molecule has 0 atom stereocenters. The summed E-state index contributed by atoms with van der Waals surface area (Å²) in [6.45, 7) is 1.26. The van der Waals surface area contributed by atoms with E-state index in [1.165, 1.54) is 26.2 Å². The summed E-state index contributed by atoms with van der Waals surface area (Å²) < 4.78 is 9.80. The molecule has 80 valence electrons. The van der Waals surface area contributed by atoms with E-state index in [2.05, 4.69) is 0 Å². The van der Waals surface area contributed by atoms with E-state index in [0.717, 1.165) is 0 Å². The van der Waals surface area contributed by atoms with Crippen molar-refractivity contribution in [3.63, 3.8) is 0 Å². The molecule has 0 aliphatic heterocycles. The van der Waals surface area contributed by atoms with Crippen LogP contribution < -0.4 is 9.47 Å². The van der Waals surface area contributed by atoms with Gasteiger partial charge in [0.05, 0.1) is 12.1 Å². The minimum Gasteiger partial charge on any atom is -0.493 e. The first kappa shape index (κ1) is 11.5. The Hall–Kier alpha value is -1.55. The Bertz CT molecular complexity index is 401. The molecule has 0 aliphatic rings. The number of methoxy groups -OCH3 is 1. The smallest absolute Gasteiger partial charge is 0.308 e. The van der Waals surface area contributed by atoms with Crippen LogP contribution in [0.15, 0.2) is 12.1 Å². The third-order valence-electron chi connectivity index (χ3n) is 1.66. The van der Waals surface area contributed by atoms with Gasteiger partial charge in [-0.3, -0.25) is 9.59 Å². The lowest BCUT2D eigenvalue weighted by atomic mass is 10.2. The number of ether oxygens (including phenoxy) is 2. The predicted molar refractivity (Wildman–Crippen MR) is 54.7 cm³/mol. The lowest BCUT2D eigenvalue weighted by molar-refractivity contribution is -0.132. The van der Waals surface area contributed by atoms with Crippen LogP contribution in [0.25, 0.3) is 0 Å². The fourth-order valence-electron chi connectivity index (χ4n) is 1.04. The van der Waals surface area contributed by atoms with Crippen molar-refractivity contribution in [3.8, 4) is 11.5 Å². The van der Waals surface area contributed by atoms with Gasteiger partial charge in [-0.2, -0.15) is 0 Å². The van der Waals surface area contributed by atoms with Crippen molar-refractivity contribution in [1.29, 1.82) is 0 Å². The number of aldehydes is 1. The second-order valence-corrected chi connectivity index (χ2v) is 3.14. The van der Waals surface area contributed by atoms with Gasteiger partial charge in [0, 0.05) is 18.6 Å². The van der Waals surface area contributed by atoms with Crippen molar-refractivity contribution in [3.05, 3.63) is 22.7 Å². The molecule has 1 rings (SSSR count). The number of benzene rings is 1. The Balaban J connectivity index is 3.20. The first-order valence-electron chi connectivity index (χ1n) is 4.09. The summed E-state index contributed by atoms with van der Waals surface area (Å²) in [5, 5.41) is 0.210. The lowest BCUT2D eigenvalue weighted by Gasteiger charge is -2.09. The molecule has 0 aliphatic carbocycles. The molecule has 0 heterocycles. The maximum absolute atomic E-state index is 10.8. The summed E-state index contributed by atoms with van der Waals surface area (Å²) in [4.78, 5) is 21.3. The van der Waals surface area contributed by atoms with Crippen molar-refractivity contribution >= 4 is 23.9 Å². The Kier molecular flexibility index (Phi) is 3.68. The highest BCUT2D eigenvalue weighted by Crippen LogP contribution is 2.32. The largest absolute Gasteiger partial charge is 0.493 e. The Morgan fingerprint density at radius 3 is 2.53 bits per heavy atom. The van der Waals surface area contributed by atoms with Gasteiger partial charge < -0.3 is 9.47 Å². The maximum Gasteiger partial charge on any atom is 0.308 e. The van der Waals surface area contributed by atoms with E-state index < -0.39 is 5.97 Å². The lowest BCUT2D eigenvalue weighted by Crippen LogP contribution is -2.03. The monoisotopic (exact) mass is 228 g/mol. The van der Waals surface area contributed by atoms with Gasteiger partial charge >= 0.3 is 5.97 Å². The Labute approximate surface area is 91.7 Å². The summed E-state index contributed by atoms with van der Waals surface area (Å²) in [6.07, 6.45) is 0.600. The number of carbonyl (C=O) groups excluding carboxylic acids is 2. The van der Waals surface area contributed by atoms with E-state index in [0.29, 0.717) is 6.29 Å². The first-order valence-corrected chi connectivity index (χ1v) is 4.47. The molecule has 4 nitrogen and oxygen atoms in total. The number of carbonyl (C=O) groups is 2. The Morgan fingerprint density at radius 1 is 1.40 bits per heavy atom. The molecule has 1 aromatic rings. The molecule has 0 radical (unpaired) electrons. The molecule has 0 bridgehead atoms. The zero-order valence-corrected chi connectivity index (χ0v) is 9.00. The zero-order chi connectivity index (χ0) is 11.4. The highest BCUT2D eigenvalue weighted by molar-refractivity contribution is 6.33. The van der Waals surface area contributed by atoms with E-state index in [1.807, 2.05) is 0 Å². The van der Waals surface area contributed by atoms with Crippen LogP contribution in [0.1, 0.15) is 17.3 Å². The van der Waals surface area contributed by atoms with Gasteiger partial charge in [0.15, 0.2) is 17.8 Å². The quantitative estimate of drug-likeness (QED) is 0.452. The Morgan fingerprint density at radius 2 is 2.07 bits per heavy atom. The van der Waals surface area contributed by atoms with Crippen molar-refractivity contribution in [2.45, 2.75) is 6.92 Å². The summed E-state index contributed by atoms with van der Waals surface area (Å²) in [5.74, 6) is 0.000481. The molecule has 0 unspecified atom stereocenters.